The first-order chi connectivity index (χ1) is 7.86. The summed E-state index contributed by atoms with van der Waals surface area (Å²) in [7, 11) is 0. The number of amides is 1. The molecular formula is C14H30N2O. The van der Waals surface area contributed by atoms with Gasteiger partial charge in [-0.25, -0.2) is 0 Å². The van der Waals surface area contributed by atoms with Gasteiger partial charge in [-0.3, -0.25) is 4.79 Å². The molecule has 0 aliphatic heterocycles. The molecule has 102 valence electrons. The second-order valence-electron chi connectivity index (χ2n) is 5.52. The molecule has 0 aliphatic carbocycles. The van der Waals surface area contributed by atoms with Gasteiger partial charge in [-0.2, -0.15) is 0 Å². The number of nitrogens with one attached hydrogen (secondary N) is 2. The zero-order valence-corrected chi connectivity index (χ0v) is 12.4. The van der Waals surface area contributed by atoms with Gasteiger partial charge < -0.3 is 10.6 Å². The van der Waals surface area contributed by atoms with Crippen LogP contribution in [0, 0.1) is 0 Å². The van der Waals surface area contributed by atoms with E-state index in [1.807, 2.05) is 6.92 Å². The van der Waals surface area contributed by atoms with Gasteiger partial charge in [-0.15, -0.1) is 0 Å². The fourth-order valence-electron chi connectivity index (χ4n) is 2.17. The average Bonchev–Trinajstić information content (AvgIpc) is 2.24. The van der Waals surface area contributed by atoms with Gasteiger partial charge in [0.15, 0.2) is 0 Å². The summed E-state index contributed by atoms with van der Waals surface area (Å²) in [6, 6.07) is 0.179. The SMILES string of the molecule is CCCC(C)(C)NC(C)C(=O)NC(CC)CC. The Kier molecular flexibility index (Phi) is 7.44. The quantitative estimate of drug-likeness (QED) is 0.687. The standard InChI is InChI=1S/C14H30N2O/c1-7-10-14(5,6)16-11(4)13(17)15-12(8-2)9-3/h11-12,16H,7-10H2,1-6H3,(H,15,17). The monoisotopic (exact) mass is 242 g/mol. The Morgan fingerprint density at radius 3 is 2.12 bits per heavy atom. The fourth-order valence-corrected chi connectivity index (χ4v) is 2.17. The van der Waals surface area contributed by atoms with E-state index in [0.29, 0.717) is 6.04 Å². The summed E-state index contributed by atoms with van der Waals surface area (Å²) in [5.74, 6) is 0.114. The molecule has 1 atom stereocenters. The molecule has 0 rings (SSSR count). The van der Waals surface area contributed by atoms with Crippen LogP contribution in [-0.4, -0.2) is 23.5 Å². The minimum absolute atomic E-state index is 0.0272. The Morgan fingerprint density at radius 1 is 1.18 bits per heavy atom. The van der Waals surface area contributed by atoms with Crippen LogP contribution in [0.15, 0.2) is 0 Å². The van der Waals surface area contributed by atoms with Gasteiger partial charge >= 0.3 is 0 Å². The molecule has 1 amide bonds. The van der Waals surface area contributed by atoms with Gasteiger partial charge in [0.25, 0.3) is 0 Å². The maximum atomic E-state index is 12.0. The molecule has 3 nitrogen and oxygen atoms in total. The molecule has 0 heterocycles. The molecule has 0 aliphatic rings. The van der Waals surface area contributed by atoms with Gasteiger partial charge in [0.05, 0.1) is 6.04 Å². The molecule has 0 aromatic carbocycles. The van der Waals surface area contributed by atoms with Crippen LogP contribution in [0.1, 0.15) is 67.2 Å². The van der Waals surface area contributed by atoms with Crippen molar-refractivity contribution in [3.05, 3.63) is 0 Å². The minimum Gasteiger partial charge on any atom is -0.352 e. The molecule has 0 aromatic heterocycles. The molecule has 0 bridgehead atoms. The maximum absolute atomic E-state index is 12.0. The number of rotatable bonds is 8. The smallest absolute Gasteiger partial charge is 0.237 e. The lowest BCUT2D eigenvalue weighted by Gasteiger charge is -2.30. The van der Waals surface area contributed by atoms with E-state index in [1.54, 1.807) is 0 Å². The van der Waals surface area contributed by atoms with Crippen molar-refractivity contribution < 1.29 is 4.79 Å². The highest BCUT2D eigenvalue weighted by atomic mass is 16.2. The zero-order valence-electron chi connectivity index (χ0n) is 12.4. The summed E-state index contributed by atoms with van der Waals surface area (Å²) in [6.07, 6.45) is 4.19. The van der Waals surface area contributed by atoms with Crippen LogP contribution >= 0.6 is 0 Å². The second kappa shape index (κ2) is 7.70. The molecule has 0 aromatic rings. The van der Waals surface area contributed by atoms with Crippen LogP contribution in [0.3, 0.4) is 0 Å². The van der Waals surface area contributed by atoms with Gasteiger partial charge in [0, 0.05) is 11.6 Å². The molecule has 1 unspecified atom stereocenters. The molecular weight excluding hydrogens is 212 g/mol. The van der Waals surface area contributed by atoms with E-state index in [9.17, 15) is 4.79 Å². The van der Waals surface area contributed by atoms with Crippen LogP contribution in [0.25, 0.3) is 0 Å². The van der Waals surface area contributed by atoms with Crippen molar-refractivity contribution in [2.45, 2.75) is 84.8 Å². The van der Waals surface area contributed by atoms with E-state index in [4.69, 9.17) is 0 Å². The maximum Gasteiger partial charge on any atom is 0.237 e. The van der Waals surface area contributed by atoms with Crippen molar-refractivity contribution in [3.63, 3.8) is 0 Å². The molecule has 0 saturated heterocycles. The van der Waals surface area contributed by atoms with Crippen LogP contribution in [0.2, 0.25) is 0 Å². The number of hydrogen-bond acceptors (Lipinski definition) is 2. The summed E-state index contributed by atoms with van der Waals surface area (Å²) in [5, 5.41) is 6.48. The fraction of sp³-hybridized carbons (Fsp3) is 0.929. The molecule has 3 heteroatoms. The Hall–Kier alpha value is -0.570. The summed E-state index contributed by atoms with van der Waals surface area (Å²) < 4.78 is 0. The Morgan fingerprint density at radius 2 is 1.71 bits per heavy atom. The molecule has 0 fully saturated rings. The Bertz CT molecular complexity index is 222. The van der Waals surface area contributed by atoms with Crippen molar-refractivity contribution in [2.75, 3.05) is 0 Å². The first kappa shape index (κ1) is 16.4. The van der Waals surface area contributed by atoms with Gasteiger partial charge in [-0.1, -0.05) is 27.2 Å². The molecule has 0 radical (unpaired) electrons. The third-order valence-electron chi connectivity index (χ3n) is 3.21. The first-order valence-electron chi connectivity index (χ1n) is 6.94. The van der Waals surface area contributed by atoms with Crippen LogP contribution < -0.4 is 10.6 Å². The normalized spacial score (nSPS) is 13.8. The lowest BCUT2D eigenvalue weighted by molar-refractivity contribution is -0.124. The Labute approximate surface area is 107 Å². The summed E-state index contributed by atoms with van der Waals surface area (Å²) in [4.78, 5) is 12.0. The van der Waals surface area contributed by atoms with E-state index in [1.165, 1.54) is 0 Å². The average molecular weight is 242 g/mol. The van der Waals surface area contributed by atoms with Crippen LogP contribution in [-0.2, 0) is 4.79 Å². The lowest BCUT2D eigenvalue weighted by atomic mass is 9.97. The van der Waals surface area contributed by atoms with E-state index >= 15 is 0 Å². The summed E-state index contributed by atoms with van der Waals surface area (Å²) in [6.45, 7) is 12.6. The molecule has 0 spiro atoms. The first-order valence-corrected chi connectivity index (χ1v) is 6.94. The van der Waals surface area contributed by atoms with E-state index in [0.717, 1.165) is 25.7 Å². The third-order valence-corrected chi connectivity index (χ3v) is 3.21. The van der Waals surface area contributed by atoms with E-state index < -0.39 is 0 Å². The van der Waals surface area contributed by atoms with Crippen molar-refractivity contribution in [1.82, 2.24) is 10.6 Å². The van der Waals surface area contributed by atoms with Crippen molar-refractivity contribution in [1.29, 1.82) is 0 Å². The van der Waals surface area contributed by atoms with Crippen LogP contribution in [0.4, 0.5) is 0 Å². The predicted octanol–water partition coefficient (Wildman–Crippen LogP) is 2.85. The zero-order chi connectivity index (χ0) is 13.5. The summed E-state index contributed by atoms with van der Waals surface area (Å²) in [5.41, 5.74) is 0.0272. The van der Waals surface area contributed by atoms with Gasteiger partial charge in [0.2, 0.25) is 5.91 Å². The minimum atomic E-state index is -0.128. The largest absolute Gasteiger partial charge is 0.352 e. The highest BCUT2D eigenvalue weighted by Crippen LogP contribution is 2.11. The van der Waals surface area contributed by atoms with E-state index in [2.05, 4.69) is 45.3 Å². The highest BCUT2D eigenvalue weighted by molar-refractivity contribution is 5.81. The third kappa shape index (κ3) is 6.67. The number of hydrogen-bond donors (Lipinski definition) is 2. The lowest BCUT2D eigenvalue weighted by Crippen LogP contribution is -2.53. The highest BCUT2D eigenvalue weighted by Gasteiger charge is 2.23. The van der Waals surface area contributed by atoms with E-state index in [-0.39, 0.29) is 17.5 Å². The predicted molar refractivity (Wildman–Crippen MR) is 74.1 cm³/mol. The molecule has 17 heavy (non-hydrogen) atoms. The second-order valence-corrected chi connectivity index (χ2v) is 5.52. The number of carbonyl (C=O) groups is 1. The van der Waals surface area contributed by atoms with Crippen LogP contribution in [0.5, 0.6) is 0 Å². The molecule has 0 saturated carbocycles. The summed E-state index contributed by atoms with van der Waals surface area (Å²) >= 11 is 0. The van der Waals surface area contributed by atoms with Gasteiger partial charge in [-0.05, 0) is 40.0 Å². The molecule has 2 N–H and O–H groups in total. The van der Waals surface area contributed by atoms with Crippen molar-refractivity contribution in [2.24, 2.45) is 0 Å². The van der Waals surface area contributed by atoms with Crippen molar-refractivity contribution >= 4 is 5.91 Å². The topological polar surface area (TPSA) is 41.1 Å². The number of carbonyl (C=O) groups excluding carboxylic acids is 1. The van der Waals surface area contributed by atoms with Gasteiger partial charge in [0.1, 0.15) is 0 Å². The van der Waals surface area contributed by atoms with Crippen molar-refractivity contribution in [3.8, 4) is 0 Å². The Balaban J connectivity index is 4.21.